The Morgan fingerprint density at radius 2 is 1.65 bits per heavy atom. The van der Waals surface area contributed by atoms with Crippen LogP contribution in [0.25, 0.3) is 0 Å². The number of aliphatic hydroxyl groups is 1. The van der Waals surface area contributed by atoms with Crippen molar-refractivity contribution >= 4 is 5.91 Å². The van der Waals surface area contributed by atoms with Crippen LogP contribution in [-0.4, -0.2) is 36.9 Å². The fourth-order valence-corrected chi connectivity index (χ4v) is 2.11. The highest BCUT2D eigenvalue weighted by atomic mass is 19.4. The van der Waals surface area contributed by atoms with Gasteiger partial charge < -0.3 is 15.2 Å². The van der Waals surface area contributed by atoms with Crippen LogP contribution in [0.3, 0.4) is 0 Å². The summed E-state index contributed by atoms with van der Waals surface area (Å²) in [6.07, 6.45) is -9.10. The number of rotatable bonds is 7. The summed E-state index contributed by atoms with van der Waals surface area (Å²) in [7, 11) is 0. The second-order valence-electron chi connectivity index (χ2n) is 6.14. The number of aliphatic hydroxyl groups excluding tert-OH is 1. The molecule has 0 aromatic heterocycles. The third kappa shape index (κ3) is 6.17. The molecule has 0 bridgehead atoms. The van der Waals surface area contributed by atoms with Crippen LogP contribution in [0, 0.1) is 5.92 Å². The summed E-state index contributed by atoms with van der Waals surface area (Å²) in [6, 6.07) is 0.610. The number of nitrogens with one attached hydrogen (secondary N) is 1. The molecule has 1 aromatic carbocycles. The molecule has 1 aliphatic carbocycles. The van der Waals surface area contributed by atoms with E-state index in [9.17, 15) is 36.2 Å². The molecule has 1 amide bonds. The van der Waals surface area contributed by atoms with Crippen LogP contribution in [0.15, 0.2) is 18.2 Å². The Labute approximate surface area is 145 Å². The zero-order chi connectivity index (χ0) is 19.5. The molecule has 1 atom stereocenters. The Hall–Kier alpha value is -1.81. The maximum atomic E-state index is 12.8. The number of hydrogen-bond donors (Lipinski definition) is 2. The van der Waals surface area contributed by atoms with Crippen molar-refractivity contribution in [2.45, 2.75) is 31.3 Å². The van der Waals surface area contributed by atoms with Crippen LogP contribution in [0.1, 0.15) is 34.3 Å². The van der Waals surface area contributed by atoms with Gasteiger partial charge in [0.1, 0.15) is 0 Å². The number of carbonyl (C=O) groups excluding carboxylic acids is 1. The van der Waals surface area contributed by atoms with Gasteiger partial charge in [0.25, 0.3) is 5.91 Å². The molecule has 1 aromatic rings. The maximum absolute atomic E-state index is 12.8. The minimum Gasteiger partial charge on any atom is -0.389 e. The molecular weight excluding hydrogens is 368 g/mol. The van der Waals surface area contributed by atoms with Crippen molar-refractivity contribution < 1.29 is 41.0 Å². The standard InChI is InChI=1S/C16H17F6NO3/c17-15(18,19)11-3-10(4-12(5-11)16(20,21)22)14(25)23-6-13(24)8-26-7-9-1-2-9/h3-5,9,13,24H,1-2,6-8H2,(H,23,25)/t13-/m0/s1. The van der Waals surface area contributed by atoms with Crippen molar-refractivity contribution in [3.63, 3.8) is 0 Å². The second-order valence-corrected chi connectivity index (χ2v) is 6.14. The lowest BCUT2D eigenvalue weighted by molar-refractivity contribution is -0.143. The van der Waals surface area contributed by atoms with Gasteiger partial charge in [-0.15, -0.1) is 0 Å². The van der Waals surface area contributed by atoms with E-state index in [2.05, 4.69) is 5.32 Å². The molecule has 2 rings (SSSR count). The summed E-state index contributed by atoms with van der Waals surface area (Å²) < 4.78 is 81.8. The molecule has 10 heteroatoms. The number of benzene rings is 1. The maximum Gasteiger partial charge on any atom is 0.416 e. The zero-order valence-electron chi connectivity index (χ0n) is 13.5. The Kier molecular flexibility index (Phi) is 6.17. The Bertz CT molecular complexity index is 608. The van der Waals surface area contributed by atoms with Gasteiger partial charge in [0.15, 0.2) is 0 Å². The van der Waals surface area contributed by atoms with Gasteiger partial charge in [-0.2, -0.15) is 26.3 Å². The first kappa shape index (κ1) is 20.5. The second kappa shape index (κ2) is 7.83. The first-order chi connectivity index (χ1) is 12.0. The third-order valence-electron chi connectivity index (χ3n) is 3.71. The molecule has 0 unspecified atom stereocenters. The highest BCUT2D eigenvalue weighted by Crippen LogP contribution is 2.36. The van der Waals surface area contributed by atoms with Crippen molar-refractivity contribution in [3.8, 4) is 0 Å². The topological polar surface area (TPSA) is 58.6 Å². The molecule has 1 saturated carbocycles. The van der Waals surface area contributed by atoms with Crippen LogP contribution in [0.5, 0.6) is 0 Å². The van der Waals surface area contributed by atoms with Crippen LogP contribution in [0.4, 0.5) is 26.3 Å². The molecule has 1 fully saturated rings. The lowest BCUT2D eigenvalue weighted by Crippen LogP contribution is -2.35. The van der Waals surface area contributed by atoms with Crippen LogP contribution >= 0.6 is 0 Å². The third-order valence-corrected chi connectivity index (χ3v) is 3.71. The van der Waals surface area contributed by atoms with E-state index in [0.717, 1.165) is 12.8 Å². The van der Waals surface area contributed by atoms with Gasteiger partial charge in [0.2, 0.25) is 0 Å². The van der Waals surface area contributed by atoms with E-state index < -0.39 is 41.1 Å². The molecule has 2 N–H and O–H groups in total. The lowest BCUT2D eigenvalue weighted by Gasteiger charge is -2.15. The quantitative estimate of drug-likeness (QED) is 0.709. The lowest BCUT2D eigenvalue weighted by atomic mass is 10.0. The number of hydrogen-bond acceptors (Lipinski definition) is 3. The molecule has 0 saturated heterocycles. The normalized spacial score (nSPS) is 16.4. The fraction of sp³-hybridized carbons (Fsp3) is 0.562. The molecule has 0 heterocycles. The molecular formula is C16H17F6NO3. The predicted molar refractivity (Wildman–Crippen MR) is 78.3 cm³/mol. The van der Waals surface area contributed by atoms with Gasteiger partial charge in [-0.3, -0.25) is 4.79 Å². The molecule has 0 radical (unpaired) electrons. The van der Waals surface area contributed by atoms with E-state index in [4.69, 9.17) is 4.74 Å². The van der Waals surface area contributed by atoms with Crippen LogP contribution in [0.2, 0.25) is 0 Å². The first-order valence-electron chi connectivity index (χ1n) is 7.80. The van der Waals surface area contributed by atoms with Gasteiger partial charge in [0, 0.05) is 18.7 Å². The van der Waals surface area contributed by atoms with Crippen molar-refractivity contribution in [1.82, 2.24) is 5.32 Å². The minimum absolute atomic E-state index is 0.0582. The average molecular weight is 385 g/mol. The molecule has 26 heavy (non-hydrogen) atoms. The smallest absolute Gasteiger partial charge is 0.389 e. The van der Waals surface area contributed by atoms with Crippen molar-refractivity contribution in [2.75, 3.05) is 19.8 Å². The Morgan fingerprint density at radius 1 is 1.12 bits per heavy atom. The van der Waals surface area contributed by atoms with Gasteiger partial charge in [-0.1, -0.05) is 0 Å². The minimum atomic E-state index is -5.04. The summed E-state index contributed by atoms with van der Waals surface area (Å²) in [4.78, 5) is 11.9. The summed E-state index contributed by atoms with van der Waals surface area (Å²) in [5, 5.41) is 11.8. The van der Waals surface area contributed by atoms with Crippen LogP contribution < -0.4 is 5.32 Å². The molecule has 1 aliphatic rings. The summed E-state index contributed by atoms with van der Waals surface area (Å²) in [5.41, 5.74) is -3.95. The van der Waals surface area contributed by atoms with E-state index in [1.165, 1.54) is 0 Å². The van der Waals surface area contributed by atoms with E-state index in [1.54, 1.807) is 0 Å². The molecule has 146 valence electrons. The highest BCUT2D eigenvalue weighted by Gasteiger charge is 2.37. The number of alkyl halides is 6. The molecule has 0 aliphatic heterocycles. The molecule has 0 spiro atoms. The number of carbonyl (C=O) groups is 1. The Balaban J connectivity index is 2.01. The summed E-state index contributed by atoms with van der Waals surface area (Å²) >= 11 is 0. The first-order valence-corrected chi connectivity index (χ1v) is 7.80. The number of amides is 1. The van der Waals surface area contributed by atoms with E-state index >= 15 is 0 Å². The van der Waals surface area contributed by atoms with Gasteiger partial charge in [-0.25, -0.2) is 0 Å². The van der Waals surface area contributed by atoms with Crippen molar-refractivity contribution in [2.24, 2.45) is 5.92 Å². The van der Waals surface area contributed by atoms with Gasteiger partial charge in [0.05, 0.1) is 23.8 Å². The van der Waals surface area contributed by atoms with Gasteiger partial charge >= 0.3 is 12.4 Å². The SMILES string of the molecule is O=C(NC[C@H](O)COCC1CC1)c1cc(C(F)(F)F)cc(C(F)(F)F)c1. The van der Waals surface area contributed by atoms with Crippen molar-refractivity contribution in [3.05, 3.63) is 34.9 Å². The zero-order valence-corrected chi connectivity index (χ0v) is 13.5. The van der Waals surface area contributed by atoms with E-state index in [1.807, 2.05) is 0 Å². The summed E-state index contributed by atoms with van der Waals surface area (Å²) in [6.45, 7) is 0.0157. The monoisotopic (exact) mass is 385 g/mol. The fourth-order valence-electron chi connectivity index (χ4n) is 2.11. The summed E-state index contributed by atoms with van der Waals surface area (Å²) in [5.74, 6) is -0.689. The van der Waals surface area contributed by atoms with Gasteiger partial charge in [-0.05, 0) is 37.0 Å². The van der Waals surface area contributed by atoms with E-state index in [0.29, 0.717) is 24.7 Å². The van der Waals surface area contributed by atoms with Crippen LogP contribution in [-0.2, 0) is 17.1 Å². The average Bonchev–Trinajstić information content (AvgIpc) is 3.34. The highest BCUT2D eigenvalue weighted by molar-refractivity contribution is 5.94. The molecule has 4 nitrogen and oxygen atoms in total. The van der Waals surface area contributed by atoms with E-state index in [-0.39, 0.29) is 19.2 Å². The predicted octanol–water partition coefficient (Wildman–Crippen LogP) is 3.24. The number of ether oxygens (including phenoxy) is 1. The largest absolute Gasteiger partial charge is 0.416 e. The van der Waals surface area contributed by atoms with Crippen molar-refractivity contribution in [1.29, 1.82) is 0 Å². The number of halogens is 6. The Morgan fingerprint density at radius 3 is 2.12 bits per heavy atom.